The number of rotatable bonds is 15. The molecule has 0 aliphatic carbocycles. The van der Waals surface area contributed by atoms with Gasteiger partial charge in [0.2, 0.25) is 0 Å². The van der Waals surface area contributed by atoms with E-state index in [1.165, 1.54) is 60.7 Å². The van der Waals surface area contributed by atoms with Crippen molar-refractivity contribution in [2.45, 2.75) is 62.3 Å². The van der Waals surface area contributed by atoms with E-state index >= 15 is 0 Å². The molecule has 0 saturated carbocycles. The van der Waals surface area contributed by atoms with Crippen LogP contribution in [0.4, 0.5) is 0 Å². The summed E-state index contributed by atoms with van der Waals surface area (Å²) in [5, 5.41) is 87.4. The van der Waals surface area contributed by atoms with E-state index in [1.807, 2.05) is 0 Å². The summed E-state index contributed by atoms with van der Waals surface area (Å²) in [6.45, 7) is 0. The molecule has 0 aliphatic rings. The van der Waals surface area contributed by atoms with Crippen molar-refractivity contribution in [1.29, 1.82) is 0 Å². The molecule has 65 heavy (non-hydrogen) atoms. The molecule has 20 heteroatoms. The van der Waals surface area contributed by atoms with Gasteiger partial charge in [-0.2, -0.15) is 0 Å². The number of aliphatic carboxylic acids is 5. The fourth-order valence-electron chi connectivity index (χ4n) is 4.87. The monoisotopic (exact) mass is 905 g/mol. The predicted molar refractivity (Wildman–Crippen MR) is 237 cm³/mol. The van der Waals surface area contributed by atoms with E-state index in [0.29, 0.717) is 0 Å². The molecule has 5 rings (SSSR count). The Labute approximate surface area is 373 Å². The highest BCUT2D eigenvalue weighted by Crippen LogP contribution is 2.14. The van der Waals surface area contributed by atoms with E-state index in [-0.39, 0.29) is 60.9 Å². The van der Waals surface area contributed by atoms with Crippen LogP contribution < -0.4 is 28.7 Å². The molecule has 20 N–H and O–H groups in total. The Kier molecular flexibility index (Phi) is 24.5. The molecule has 0 radical (unpaired) electrons. The third-order valence-corrected chi connectivity index (χ3v) is 8.55. The zero-order valence-corrected chi connectivity index (χ0v) is 34.9. The van der Waals surface area contributed by atoms with Gasteiger partial charge in [0.05, 0.1) is 0 Å². The molecular formula is C45H55N5O15. The first-order chi connectivity index (χ1) is 30.5. The first-order valence-electron chi connectivity index (χ1n) is 19.3. The minimum absolute atomic E-state index is 0.160. The Morgan fingerprint density at radius 1 is 0.277 bits per heavy atom. The second-order valence-electron chi connectivity index (χ2n) is 14.1. The van der Waals surface area contributed by atoms with Crippen LogP contribution in [-0.4, -0.2) is 111 Å². The van der Waals surface area contributed by atoms with Gasteiger partial charge in [-0.1, -0.05) is 60.7 Å². The van der Waals surface area contributed by atoms with Crippen LogP contribution in [-0.2, 0) is 56.1 Å². The molecule has 0 amide bonds. The Morgan fingerprint density at radius 3 is 0.477 bits per heavy atom. The van der Waals surface area contributed by atoms with Gasteiger partial charge in [0.1, 0.15) is 59.0 Å². The van der Waals surface area contributed by atoms with Gasteiger partial charge in [0.15, 0.2) is 0 Å². The molecule has 5 aromatic rings. The minimum Gasteiger partial charge on any atom is -0.508 e. The van der Waals surface area contributed by atoms with Crippen molar-refractivity contribution in [3.8, 4) is 28.7 Å². The molecule has 0 aliphatic heterocycles. The fourth-order valence-corrected chi connectivity index (χ4v) is 4.87. The minimum atomic E-state index is -1.02. The van der Waals surface area contributed by atoms with Crippen LogP contribution in [0.1, 0.15) is 27.8 Å². The van der Waals surface area contributed by atoms with Crippen LogP contribution in [0.25, 0.3) is 0 Å². The van der Waals surface area contributed by atoms with Crippen LogP contribution in [0, 0.1) is 0 Å². The van der Waals surface area contributed by atoms with Gasteiger partial charge in [0.25, 0.3) is 0 Å². The van der Waals surface area contributed by atoms with Crippen molar-refractivity contribution in [2.24, 2.45) is 28.7 Å². The zero-order chi connectivity index (χ0) is 49.2. The van der Waals surface area contributed by atoms with Gasteiger partial charge in [-0.05, 0) is 121 Å². The first-order valence-corrected chi connectivity index (χ1v) is 19.3. The molecule has 0 heterocycles. The largest absolute Gasteiger partial charge is 0.508 e. The van der Waals surface area contributed by atoms with Gasteiger partial charge >= 0.3 is 29.8 Å². The van der Waals surface area contributed by atoms with Crippen molar-refractivity contribution in [3.05, 3.63) is 149 Å². The average molecular weight is 906 g/mol. The van der Waals surface area contributed by atoms with Gasteiger partial charge in [-0.15, -0.1) is 0 Å². The molecule has 0 unspecified atom stereocenters. The standard InChI is InChI=1S/5C9H11NO3/c5*10-8(9(12)13)5-6-1-3-7(11)4-2-6/h5*1-4,8,11H,5,10H2,(H,12,13)/t5*8-/m00000/s1. The molecular weight excluding hydrogens is 851 g/mol. The number of hydrogen-bond acceptors (Lipinski definition) is 15. The summed E-state index contributed by atoms with van der Waals surface area (Å²) in [7, 11) is 0. The molecule has 5 aromatic carbocycles. The molecule has 350 valence electrons. The van der Waals surface area contributed by atoms with Gasteiger partial charge in [-0.3, -0.25) is 24.0 Å². The summed E-state index contributed by atoms with van der Waals surface area (Å²) in [6, 6.07) is 27.1. The third-order valence-electron chi connectivity index (χ3n) is 8.55. The van der Waals surface area contributed by atoms with Crippen LogP contribution in [0.3, 0.4) is 0 Å². The normalized spacial score (nSPS) is 12.4. The molecule has 0 saturated heterocycles. The number of benzene rings is 5. The summed E-state index contributed by atoms with van der Waals surface area (Å²) < 4.78 is 0. The Bertz CT molecular complexity index is 1840. The van der Waals surface area contributed by atoms with E-state index < -0.39 is 60.1 Å². The Morgan fingerprint density at radius 2 is 0.385 bits per heavy atom. The lowest BCUT2D eigenvalue weighted by Gasteiger charge is -2.05. The third kappa shape index (κ3) is 24.5. The van der Waals surface area contributed by atoms with Crippen LogP contribution in [0.15, 0.2) is 121 Å². The van der Waals surface area contributed by atoms with E-state index in [2.05, 4.69) is 0 Å². The highest BCUT2D eigenvalue weighted by Gasteiger charge is 2.15. The summed E-state index contributed by atoms with van der Waals surface area (Å²) >= 11 is 0. The van der Waals surface area contributed by atoms with Crippen LogP contribution >= 0.6 is 0 Å². The Balaban J connectivity index is 0.000000406. The number of carboxylic acid groups (broad SMARTS) is 5. The zero-order valence-electron chi connectivity index (χ0n) is 34.9. The number of aromatic hydroxyl groups is 5. The molecule has 20 nitrogen and oxygen atoms in total. The topological polar surface area (TPSA) is 418 Å². The molecule has 0 bridgehead atoms. The molecule has 5 atom stereocenters. The Hall–Kier alpha value is -7.75. The van der Waals surface area contributed by atoms with Crippen molar-refractivity contribution >= 4 is 29.8 Å². The lowest BCUT2D eigenvalue weighted by molar-refractivity contribution is -0.139. The fraction of sp³-hybridized carbons (Fsp3) is 0.222. The van der Waals surface area contributed by atoms with E-state index in [1.54, 1.807) is 60.7 Å². The van der Waals surface area contributed by atoms with E-state index in [0.717, 1.165) is 27.8 Å². The summed E-state index contributed by atoms with van der Waals surface area (Å²) in [4.78, 5) is 52.0. The van der Waals surface area contributed by atoms with Crippen molar-refractivity contribution in [2.75, 3.05) is 0 Å². The number of phenolic OH excluding ortho intramolecular Hbond substituents is 5. The maximum Gasteiger partial charge on any atom is 0.320 e. The second-order valence-corrected chi connectivity index (χ2v) is 14.1. The van der Waals surface area contributed by atoms with E-state index in [9.17, 15) is 24.0 Å². The SMILES string of the molecule is N[C@@H](Cc1ccc(O)cc1)C(=O)O.N[C@@H](Cc1ccc(O)cc1)C(=O)O.N[C@@H](Cc1ccc(O)cc1)C(=O)O.N[C@@H](Cc1ccc(O)cc1)C(=O)O.N[C@@H](Cc1ccc(O)cc1)C(=O)O. The summed E-state index contributed by atoms with van der Waals surface area (Å²) in [6.07, 6.45) is 1.37. The van der Waals surface area contributed by atoms with E-state index in [4.69, 9.17) is 79.7 Å². The molecule has 0 fully saturated rings. The second kappa shape index (κ2) is 28.8. The lowest BCUT2D eigenvalue weighted by atomic mass is 10.1. The number of carboxylic acids is 5. The number of nitrogens with two attached hydrogens (primary N) is 5. The maximum atomic E-state index is 10.4. The molecule has 0 spiro atoms. The number of carbonyl (C=O) groups is 5. The number of phenols is 5. The average Bonchev–Trinajstić information content (AvgIpc) is 3.25. The van der Waals surface area contributed by atoms with Gasteiger partial charge in [-0.25, -0.2) is 0 Å². The quantitative estimate of drug-likeness (QED) is 0.0711. The van der Waals surface area contributed by atoms with Gasteiger partial charge in [0, 0.05) is 0 Å². The molecule has 0 aromatic heterocycles. The number of hydrogen-bond donors (Lipinski definition) is 15. The van der Waals surface area contributed by atoms with Crippen LogP contribution in [0.2, 0.25) is 0 Å². The van der Waals surface area contributed by atoms with Crippen molar-refractivity contribution in [3.63, 3.8) is 0 Å². The first kappa shape index (κ1) is 55.3. The van der Waals surface area contributed by atoms with Crippen molar-refractivity contribution < 1.29 is 75.0 Å². The highest BCUT2D eigenvalue weighted by molar-refractivity contribution is 5.75. The summed E-state index contributed by atoms with van der Waals surface area (Å²) in [5.41, 5.74) is 30.6. The van der Waals surface area contributed by atoms with Gasteiger partial charge < -0.3 is 79.7 Å². The predicted octanol–water partition coefficient (Wildman–Crippen LogP) is 1.73. The highest BCUT2D eigenvalue weighted by atomic mass is 16.4. The lowest BCUT2D eigenvalue weighted by Crippen LogP contribution is -2.32. The summed E-state index contributed by atoms with van der Waals surface area (Å²) in [5.74, 6) is -4.30. The maximum absolute atomic E-state index is 10.4. The smallest absolute Gasteiger partial charge is 0.320 e. The van der Waals surface area contributed by atoms with Crippen molar-refractivity contribution in [1.82, 2.24) is 0 Å². The van der Waals surface area contributed by atoms with Crippen LogP contribution in [0.5, 0.6) is 28.7 Å².